The van der Waals surface area contributed by atoms with Crippen molar-refractivity contribution in [1.29, 1.82) is 0 Å². The zero-order chi connectivity index (χ0) is 9.30. The molecule has 0 aromatic carbocycles. The van der Waals surface area contributed by atoms with Gasteiger partial charge in [-0.3, -0.25) is 0 Å². The standard InChI is InChI=1S/C8H11NO3/c1-4(2)6-3-5(8(10)11)7(9)12-6/h3-4H,9H2,1-2H3,(H,10,11). The van der Waals surface area contributed by atoms with E-state index in [1.165, 1.54) is 6.07 Å². The molecular formula is C8H11NO3. The summed E-state index contributed by atoms with van der Waals surface area (Å²) in [6, 6.07) is 1.46. The predicted molar refractivity (Wildman–Crippen MR) is 44.2 cm³/mol. The van der Waals surface area contributed by atoms with Crippen molar-refractivity contribution < 1.29 is 14.3 Å². The molecule has 66 valence electrons. The number of carbonyl (C=O) groups is 1. The Morgan fingerprint density at radius 1 is 1.67 bits per heavy atom. The van der Waals surface area contributed by atoms with E-state index < -0.39 is 5.97 Å². The van der Waals surface area contributed by atoms with E-state index in [0.717, 1.165) is 0 Å². The molecule has 1 rings (SSSR count). The highest BCUT2D eigenvalue weighted by Crippen LogP contribution is 2.23. The molecule has 1 heterocycles. The number of anilines is 1. The highest BCUT2D eigenvalue weighted by atomic mass is 16.4. The van der Waals surface area contributed by atoms with Crippen LogP contribution in [0.1, 0.15) is 35.9 Å². The maximum absolute atomic E-state index is 10.5. The monoisotopic (exact) mass is 169 g/mol. The Labute approximate surface area is 70.0 Å². The van der Waals surface area contributed by atoms with Crippen LogP contribution in [0.3, 0.4) is 0 Å². The van der Waals surface area contributed by atoms with Crippen molar-refractivity contribution >= 4 is 11.9 Å². The van der Waals surface area contributed by atoms with E-state index in [4.69, 9.17) is 15.3 Å². The first-order valence-corrected chi connectivity index (χ1v) is 3.65. The summed E-state index contributed by atoms with van der Waals surface area (Å²) in [5.74, 6) is -0.320. The average molecular weight is 169 g/mol. The first-order chi connectivity index (χ1) is 5.52. The van der Waals surface area contributed by atoms with Crippen molar-refractivity contribution in [2.45, 2.75) is 19.8 Å². The minimum absolute atomic E-state index is 0.0220. The third kappa shape index (κ3) is 1.42. The molecule has 0 aliphatic carbocycles. The molecule has 0 radical (unpaired) electrons. The number of nitrogens with two attached hydrogens (primary N) is 1. The van der Waals surface area contributed by atoms with E-state index in [2.05, 4.69) is 0 Å². The summed E-state index contributed by atoms with van der Waals surface area (Å²) in [6.45, 7) is 3.81. The molecule has 12 heavy (non-hydrogen) atoms. The normalized spacial score (nSPS) is 10.6. The van der Waals surface area contributed by atoms with Gasteiger partial charge < -0.3 is 15.3 Å². The lowest BCUT2D eigenvalue weighted by Gasteiger charge is -1.95. The predicted octanol–water partition coefficient (Wildman–Crippen LogP) is 1.68. The van der Waals surface area contributed by atoms with Crippen LogP contribution in [0.25, 0.3) is 0 Å². The van der Waals surface area contributed by atoms with Gasteiger partial charge in [0.1, 0.15) is 11.3 Å². The number of hydrogen-bond donors (Lipinski definition) is 2. The zero-order valence-corrected chi connectivity index (χ0v) is 7.00. The Hall–Kier alpha value is -1.45. The van der Waals surface area contributed by atoms with Gasteiger partial charge in [0.25, 0.3) is 0 Å². The molecule has 0 saturated carbocycles. The third-order valence-corrected chi connectivity index (χ3v) is 1.58. The molecule has 4 heteroatoms. The fraction of sp³-hybridized carbons (Fsp3) is 0.375. The Morgan fingerprint density at radius 2 is 2.25 bits per heavy atom. The summed E-state index contributed by atoms with van der Waals surface area (Å²) in [6.07, 6.45) is 0. The Bertz CT molecular complexity index is 301. The summed E-state index contributed by atoms with van der Waals surface area (Å²) in [5, 5.41) is 8.62. The first kappa shape index (κ1) is 8.64. The zero-order valence-electron chi connectivity index (χ0n) is 7.00. The van der Waals surface area contributed by atoms with Gasteiger partial charge in [-0.15, -0.1) is 0 Å². The molecule has 0 atom stereocenters. The van der Waals surface area contributed by atoms with Crippen LogP contribution in [0.2, 0.25) is 0 Å². The van der Waals surface area contributed by atoms with Gasteiger partial charge in [0.15, 0.2) is 0 Å². The smallest absolute Gasteiger partial charge is 0.341 e. The van der Waals surface area contributed by atoms with Crippen LogP contribution in [0, 0.1) is 0 Å². The van der Waals surface area contributed by atoms with Crippen molar-refractivity contribution in [2.24, 2.45) is 0 Å². The largest absolute Gasteiger partial charge is 0.477 e. The molecular weight excluding hydrogens is 158 g/mol. The van der Waals surface area contributed by atoms with Gasteiger partial charge in [0, 0.05) is 5.92 Å². The minimum atomic E-state index is -1.05. The number of carboxylic acids is 1. The number of aromatic carboxylic acids is 1. The summed E-state index contributed by atoms with van der Waals surface area (Å²) in [7, 11) is 0. The highest BCUT2D eigenvalue weighted by molar-refractivity contribution is 5.92. The molecule has 3 N–H and O–H groups in total. The SMILES string of the molecule is CC(C)c1cc(C(=O)O)c(N)o1. The lowest BCUT2D eigenvalue weighted by atomic mass is 10.1. The van der Waals surface area contributed by atoms with Gasteiger partial charge in [-0.05, 0) is 6.07 Å². The Morgan fingerprint density at radius 3 is 2.50 bits per heavy atom. The van der Waals surface area contributed by atoms with Gasteiger partial charge in [-0.25, -0.2) is 4.79 Å². The van der Waals surface area contributed by atoms with Crippen LogP contribution in [-0.2, 0) is 0 Å². The van der Waals surface area contributed by atoms with Crippen LogP contribution in [-0.4, -0.2) is 11.1 Å². The minimum Gasteiger partial charge on any atom is -0.477 e. The van der Waals surface area contributed by atoms with Crippen LogP contribution in [0.5, 0.6) is 0 Å². The van der Waals surface area contributed by atoms with Crippen molar-refractivity contribution in [3.8, 4) is 0 Å². The molecule has 0 bridgehead atoms. The number of hydrogen-bond acceptors (Lipinski definition) is 3. The molecule has 1 aromatic rings. The van der Waals surface area contributed by atoms with E-state index in [9.17, 15) is 4.79 Å². The number of carboxylic acid groups (broad SMARTS) is 1. The van der Waals surface area contributed by atoms with Gasteiger partial charge in [-0.1, -0.05) is 13.8 Å². The highest BCUT2D eigenvalue weighted by Gasteiger charge is 2.15. The number of furan rings is 1. The molecule has 0 unspecified atom stereocenters. The quantitative estimate of drug-likeness (QED) is 0.706. The summed E-state index contributed by atoms with van der Waals surface area (Å²) in [5.41, 5.74) is 5.37. The van der Waals surface area contributed by atoms with Gasteiger partial charge in [0.2, 0.25) is 5.88 Å². The van der Waals surface area contributed by atoms with Crippen LogP contribution >= 0.6 is 0 Å². The van der Waals surface area contributed by atoms with Crippen molar-refractivity contribution in [3.05, 3.63) is 17.4 Å². The molecule has 0 amide bonds. The maximum Gasteiger partial charge on any atom is 0.341 e. The lowest BCUT2D eigenvalue weighted by Crippen LogP contribution is -1.97. The van der Waals surface area contributed by atoms with Gasteiger partial charge >= 0.3 is 5.97 Å². The summed E-state index contributed by atoms with van der Waals surface area (Å²) >= 11 is 0. The maximum atomic E-state index is 10.5. The van der Waals surface area contributed by atoms with Gasteiger partial charge in [0.05, 0.1) is 0 Å². The number of nitrogen functional groups attached to an aromatic ring is 1. The second-order valence-electron chi connectivity index (χ2n) is 2.89. The molecule has 0 saturated heterocycles. The van der Waals surface area contributed by atoms with Gasteiger partial charge in [-0.2, -0.15) is 0 Å². The van der Waals surface area contributed by atoms with E-state index in [0.29, 0.717) is 5.76 Å². The topological polar surface area (TPSA) is 76.5 Å². The molecule has 1 aromatic heterocycles. The lowest BCUT2D eigenvalue weighted by molar-refractivity contribution is 0.0697. The Kier molecular flexibility index (Phi) is 2.08. The number of rotatable bonds is 2. The second kappa shape index (κ2) is 2.89. The second-order valence-corrected chi connectivity index (χ2v) is 2.89. The first-order valence-electron chi connectivity index (χ1n) is 3.65. The summed E-state index contributed by atoms with van der Waals surface area (Å²) in [4.78, 5) is 10.5. The van der Waals surface area contributed by atoms with Crippen LogP contribution < -0.4 is 5.73 Å². The molecule has 0 aliphatic rings. The van der Waals surface area contributed by atoms with E-state index in [-0.39, 0.29) is 17.4 Å². The molecule has 0 fully saturated rings. The third-order valence-electron chi connectivity index (χ3n) is 1.58. The van der Waals surface area contributed by atoms with Crippen LogP contribution in [0.4, 0.5) is 5.88 Å². The van der Waals surface area contributed by atoms with E-state index in [1.807, 2.05) is 13.8 Å². The van der Waals surface area contributed by atoms with Crippen molar-refractivity contribution in [3.63, 3.8) is 0 Å². The van der Waals surface area contributed by atoms with E-state index >= 15 is 0 Å². The van der Waals surface area contributed by atoms with Crippen molar-refractivity contribution in [1.82, 2.24) is 0 Å². The van der Waals surface area contributed by atoms with E-state index in [1.54, 1.807) is 0 Å². The van der Waals surface area contributed by atoms with Crippen LogP contribution in [0.15, 0.2) is 10.5 Å². The molecule has 4 nitrogen and oxygen atoms in total. The summed E-state index contributed by atoms with van der Waals surface area (Å²) < 4.78 is 5.03. The molecule has 0 spiro atoms. The molecule has 0 aliphatic heterocycles. The van der Waals surface area contributed by atoms with Crippen molar-refractivity contribution in [2.75, 3.05) is 5.73 Å². The fourth-order valence-electron chi connectivity index (χ4n) is 0.876. The average Bonchev–Trinajstić information content (AvgIpc) is 2.30. The fourth-order valence-corrected chi connectivity index (χ4v) is 0.876. The Balaban J connectivity index is 3.09.